The third-order valence-electron chi connectivity index (χ3n) is 7.34. The standard InChI is InChI=1S/C27H43N3/c1-5-6-12-24(18-23-13-14-23)25(19-28-4)26-15-16-29-27(30-26)21(3)20(2)17-22-10-8-7-9-11-22/h15-16,19-23H,5-14,17-18H2,1-4H3/b25-24-,28-19-. The van der Waals surface area contributed by atoms with Crippen LogP contribution in [0, 0.1) is 17.8 Å². The summed E-state index contributed by atoms with van der Waals surface area (Å²) in [7, 11) is 1.88. The summed E-state index contributed by atoms with van der Waals surface area (Å²) in [4.78, 5) is 14.2. The lowest BCUT2D eigenvalue weighted by molar-refractivity contribution is 0.276. The SMILES string of the molecule is CCCC/C(CC1CC1)=C(\C=N/C)c1ccnc(C(C)C(C)CC2CCCCC2)n1. The van der Waals surface area contributed by atoms with Crippen LogP contribution in [0.25, 0.3) is 5.57 Å². The fourth-order valence-corrected chi connectivity index (χ4v) is 5.03. The van der Waals surface area contributed by atoms with E-state index in [1.54, 1.807) is 5.57 Å². The monoisotopic (exact) mass is 409 g/mol. The molecule has 0 N–H and O–H groups in total. The van der Waals surface area contributed by atoms with Crippen molar-refractivity contribution in [1.29, 1.82) is 0 Å². The Morgan fingerprint density at radius 2 is 1.90 bits per heavy atom. The first-order chi connectivity index (χ1) is 14.6. The normalized spacial score (nSPS) is 20.9. The fraction of sp³-hybridized carbons (Fsp3) is 0.741. The quantitative estimate of drug-likeness (QED) is 0.352. The van der Waals surface area contributed by atoms with Gasteiger partial charge in [0.05, 0.1) is 5.69 Å². The number of nitrogens with zero attached hydrogens (tertiary/aromatic N) is 3. The van der Waals surface area contributed by atoms with E-state index in [1.165, 1.54) is 82.6 Å². The number of hydrogen-bond donors (Lipinski definition) is 0. The molecule has 0 spiro atoms. The highest BCUT2D eigenvalue weighted by Crippen LogP contribution is 2.39. The summed E-state index contributed by atoms with van der Waals surface area (Å²) in [5.41, 5.74) is 3.89. The van der Waals surface area contributed by atoms with Gasteiger partial charge in [0, 0.05) is 31.0 Å². The van der Waals surface area contributed by atoms with Crippen LogP contribution >= 0.6 is 0 Å². The van der Waals surface area contributed by atoms with Crippen LogP contribution in [0.5, 0.6) is 0 Å². The van der Waals surface area contributed by atoms with Crippen molar-refractivity contribution in [2.24, 2.45) is 22.7 Å². The minimum Gasteiger partial charge on any atom is -0.296 e. The zero-order valence-corrected chi connectivity index (χ0v) is 19.9. The van der Waals surface area contributed by atoms with E-state index in [0.29, 0.717) is 11.8 Å². The average molecular weight is 410 g/mol. The molecule has 0 saturated heterocycles. The summed E-state index contributed by atoms with van der Waals surface area (Å²) < 4.78 is 0. The molecule has 2 fully saturated rings. The minimum atomic E-state index is 0.397. The third kappa shape index (κ3) is 6.75. The van der Waals surface area contributed by atoms with Crippen molar-refractivity contribution in [2.75, 3.05) is 7.05 Å². The maximum atomic E-state index is 5.10. The summed E-state index contributed by atoms with van der Waals surface area (Å²) in [6.07, 6.45) is 20.1. The average Bonchev–Trinajstić information content (AvgIpc) is 3.59. The predicted octanol–water partition coefficient (Wildman–Crippen LogP) is 7.63. The maximum Gasteiger partial charge on any atom is 0.132 e. The van der Waals surface area contributed by atoms with Gasteiger partial charge in [0.25, 0.3) is 0 Å². The van der Waals surface area contributed by atoms with E-state index in [2.05, 4.69) is 38.0 Å². The van der Waals surface area contributed by atoms with E-state index < -0.39 is 0 Å². The second-order valence-electron chi connectivity index (χ2n) is 9.96. The van der Waals surface area contributed by atoms with Crippen molar-refractivity contribution in [1.82, 2.24) is 9.97 Å². The van der Waals surface area contributed by atoms with Crippen molar-refractivity contribution < 1.29 is 0 Å². The molecular weight excluding hydrogens is 366 g/mol. The molecule has 3 rings (SSSR count). The number of aliphatic imine (C=N–C) groups is 1. The molecular formula is C27H43N3. The lowest BCUT2D eigenvalue weighted by Crippen LogP contribution is -2.17. The number of allylic oxidation sites excluding steroid dienone is 2. The van der Waals surface area contributed by atoms with Gasteiger partial charge in [-0.3, -0.25) is 4.99 Å². The number of aromatic nitrogens is 2. The first-order valence-electron chi connectivity index (χ1n) is 12.6. The molecule has 1 heterocycles. The second kappa shape index (κ2) is 11.8. The Morgan fingerprint density at radius 3 is 2.57 bits per heavy atom. The largest absolute Gasteiger partial charge is 0.296 e. The van der Waals surface area contributed by atoms with Crippen LogP contribution in [-0.2, 0) is 0 Å². The van der Waals surface area contributed by atoms with E-state index in [0.717, 1.165) is 23.4 Å². The molecule has 0 bridgehead atoms. The summed E-state index contributed by atoms with van der Waals surface area (Å²) in [6.45, 7) is 7.01. The van der Waals surface area contributed by atoms with Gasteiger partial charge < -0.3 is 0 Å². The molecule has 2 saturated carbocycles. The molecule has 0 aromatic carbocycles. The Morgan fingerprint density at radius 1 is 1.13 bits per heavy atom. The smallest absolute Gasteiger partial charge is 0.132 e. The highest BCUT2D eigenvalue weighted by Gasteiger charge is 2.25. The molecule has 0 aliphatic heterocycles. The number of hydrogen-bond acceptors (Lipinski definition) is 3. The van der Waals surface area contributed by atoms with Gasteiger partial charge in [-0.15, -0.1) is 0 Å². The van der Waals surface area contributed by atoms with Crippen LogP contribution in [0.3, 0.4) is 0 Å². The zero-order chi connectivity index (χ0) is 21.3. The molecule has 2 unspecified atom stereocenters. The maximum absolute atomic E-state index is 5.10. The van der Waals surface area contributed by atoms with E-state index >= 15 is 0 Å². The van der Waals surface area contributed by atoms with Crippen molar-refractivity contribution in [2.45, 2.75) is 104 Å². The molecule has 2 atom stereocenters. The van der Waals surface area contributed by atoms with Gasteiger partial charge >= 0.3 is 0 Å². The van der Waals surface area contributed by atoms with Gasteiger partial charge in [-0.1, -0.05) is 64.9 Å². The molecule has 166 valence electrons. The van der Waals surface area contributed by atoms with Crippen molar-refractivity contribution in [3.8, 4) is 0 Å². The first-order valence-corrected chi connectivity index (χ1v) is 12.6. The molecule has 2 aliphatic rings. The Bertz CT molecular complexity index is 711. The summed E-state index contributed by atoms with van der Waals surface area (Å²) >= 11 is 0. The van der Waals surface area contributed by atoms with Crippen LogP contribution in [-0.4, -0.2) is 23.2 Å². The Kier molecular flexibility index (Phi) is 9.08. The van der Waals surface area contributed by atoms with E-state index in [1.807, 2.05) is 13.2 Å². The van der Waals surface area contributed by atoms with E-state index in [-0.39, 0.29) is 0 Å². The molecule has 3 nitrogen and oxygen atoms in total. The Labute approximate surface area is 184 Å². The molecule has 2 aliphatic carbocycles. The topological polar surface area (TPSA) is 38.1 Å². The molecule has 3 heteroatoms. The van der Waals surface area contributed by atoms with Gasteiger partial charge in [0.2, 0.25) is 0 Å². The first kappa shape index (κ1) is 23.2. The van der Waals surface area contributed by atoms with Crippen LogP contribution in [0.1, 0.15) is 115 Å². The zero-order valence-electron chi connectivity index (χ0n) is 19.9. The van der Waals surface area contributed by atoms with E-state index in [9.17, 15) is 0 Å². The van der Waals surface area contributed by atoms with Gasteiger partial charge in [-0.05, 0) is 62.3 Å². The van der Waals surface area contributed by atoms with Crippen LogP contribution in [0.4, 0.5) is 0 Å². The van der Waals surface area contributed by atoms with Crippen molar-refractivity contribution in [3.63, 3.8) is 0 Å². The van der Waals surface area contributed by atoms with Gasteiger partial charge in [0.1, 0.15) is 5.82 Å². The lowest BCUT2D eigenvalue weighted by atomic mass is 9.79. The molecule has 1 aromatic heterocycles. The third-order valence-corrected chi connectivity index (χ3v) is 7.34. The molecule has 30 heavy (non-hydrogen) atoms. The van der Waals surface area contributed by atoms with Crippen molar-refractivity contribution in [3.05, 3.63) is 29.4 Å². The van der Waals surface area contributed by atoms with Crippen LogP contribution < -0.4 is 0 Å². The van der Waals surface area contributed by atoms with E-state index in [4.69, 9.17) is 9.97 Å². The Balaban J connectivity index is 1.80. The van der Waals surface area contributed by atoms with Gasteiger partial charge in [-0.2, -0.15) is 0 Å². The number of rotatable bonds is 11. The predicted molar refractivity (Wildman–Crippen MR) is 129 cm³/mol. The van der Waals surface area contributed by atoms with Crippen LogP contribution in [0.15, 0.2) is 22.8 Å². The highest BCUT2D eigenvalue weighted by atomic mass is 14.9. The molecule has 0 amide bonds. The Hall–Kier alpha value is -1.51. The van der Waals surface area contributed by atoms with Crippen molar-refractivity contribution >= 4 is 11.8 Å². The highest BCUT2D eigenvalue weighted by molar-refractivity contribution is 6.10. The summed E-state index contributed by atoms with van der Waals surface area (Å²) in [5.74, 6) is 3.82. The fourth-order valence-electron chi connectivity index (χ4n) is 5.03. The second-order valence-corrected chi connectivity index (χ2v) is 9.96. The lowest BCUT2D eigenvalue weighted by Gasteiger charge is -2.27. The summed E-state index contributed by atoms with van der Waals surface area (Å²) in [6, 6.07) is 2.10. The number of unbranched alkanes of at least 4 members (excludes halogenated alkanes) is 1. The van der Waals surface area contributed by atoms with Gasteiger partial charge in [0.15, 0.2) is 0 Å². The van der Waals surface area contributed by atoms with Gasteiger partial charge in [-0.25, -0.2) is 9.97 Å². The molecule has 1 aromatic rings. The minimum absolute atomic E-state index is 0.397. The molecule has 0 radical (unpaired) electrons. The summed E-state index contributed by atoms with van der Waals surface area (Å²) in [5, 5.41) is 0. The van der Waals surface area contributed by atoms with Crippen LogP contribution in [0.2, 0.25) is 0 Å².